The van der Waals surface area contributed by atoms with Crippen LogP contribution in [-0.4, -0.2) is 41.5 Å². The van der Waals surface area contributed by atoms with Crippen molar-refractivity contribution in [1.29, 1.82) is 0 Å². The van der Waals surface area contributed by atoms with Crippen molar-refractivity contribution in [2.75, 3.05) is 19.8 Å². The van der Waals surface area contributed by atoms with E-state index in [9.17, 15) is 9.59 Å². The number of benzene rings is 1. The van der Waals surface area contributed by atoms with E-state index in [0.29, 0.717) is 6.67 Å². The third-order valence-electron chi connectivity index (χ3n) is 4.84. The van der Waals surface area contributed by atoms with Gasteiger partial charge in [0, 0.05) is 13.1 Å². The summed E-state index contributed by atoms with van der Waals surface area (Å²) in [5, 5.41) is 2.86. The molecule has 1 atom stereocenters. The fourth-order valence-electron chi connectivity index (χ4n) is 3.20. The Labute approximate surface area is 131 Å². The third-order valence-corrected chi connectivity index (χ3v) is 4.84. The molecular formula is C17H23N3O2. The molecule has 2 heterocycles. The Hall–Kier alpha value is -1.88. The number of carbonyl (C=O) groups is 2. The number of likely N-dealkylation sites (tertiary alicyclic amines) is 1. The third kappa shape index (κ3) is 2.61. The lowest BCUT2D eigenvalue weighted by Crippen LogP contribution is -2.46. The molecule has 5 nitrogen and oxygen atoms in total. The van der Waals surface area contributed by atoms with Crippen molar-refractivity contribution in [3.05, 3.63) is 35.9 Å². The summed E-state index contributed by atoms with van der Waals surface area (Å²) in [6.45, 7) is 6.30. The van der Waals surface area contributed by atoms with Crippen molar-refractivity contribution in [2.24, 2.45) is 5.92 Å². The molecule has 0 aromatic heterocycles. The number of piperidine rings is 1. The second-order valence-corrected chi connectivity index (χ2v) is 6.60. The van der Waals surface area contributed by atoms with Crippen LogP contribution in [0.5, 0.6) is 0 Å². The van der Waals surface area contributed by atoms with E-state index in [1.165, 1.54) is 4.90 Å². The number of hydrogen-bond acceptors (Lipinski definition) is 3. The number of imide groups is 1. The molecule has 3 rings (SSSR count). The zero-order valence-corrected chi connectivity index (χ0v) is 13.2. The van der Waals surface area contributed by atoms with Crippen LogP contribution in [0.25, 0.3) is 0 Å². The molecule has 1 N–H and O–H groups in total. The zero-order chi connectivity index (χ0) is 15.7. The van der Waals surface area contributed by atoms with Gasteiger partial charge in [0.1, 0.15) is 5.54 Å². The summed E-state index contributed by atoms with van der Waals surface area (Å²) in [4.78, 5) is 28.6. The molecule has 1 aromatic carbocycles. The maximum atomic E-state index is 12.8. The summed E-state index contributed by atoms with van der Waals surface area (Å²) in [5.74, 6) is 0.566. The van der Waals surface area contributed by atoms with Crippen LogP contribution in [0.2, 0.25) is 0 Å². The Kier molecular flexibility index (Phi) is 3.91. The fourth-order valence-corrected chi connectivity index (χ4v) is 3.20. The number of hydrogen-bond donors (Lipinski definition) is 1. The second-order valence-electron chi connectivity index (χ2n) is 6.60. The zero-order valence-electron chi connectivity index (χ0n) is 13.2. The highest BCUT2D eigenvalue weighted by Crippen LogP contribution is 2.29. The van der Waals surface area contributed by atoms with Crippen molar-refractivity contribution in [2.45, 2.75) is 32.2 Å². The molecule has 2 aliphatic heterocycles. The minimum atomic E-state index is -0.957. The molecule has 0 unspecified atom stereocenters. The average Bonchev–Trinajstić information content (AvgIpc) is 2.75. The Morgan fingerprint density at radius 1 is 1.18 bits per heavy atom. The summed E-state index contributed by atoms with van der Waals surface area (Å²) in [5.41, 5.74) is -0.135. The molecule has 22 heavy (non-hydrogen) atoms. The van der Waals surface area contributed by atoms with E-state index in [1.54, 1.807) is 6.92 Å². The lowest BCUT2D eigenvalue weighted by atomic mass is 9.92. The first-order valence-electron chi connectivity index (χ1n) is 7.92. The molecular weight excluding hydrogens is 278 g/mol. The lowest BCUT2D eigenvalue weighted by Gasteiger charge is -2.32. The topological polar surface area (TPSA) is 52.6 Å². The van der Waals surface area contributed by atoms with Gasteiger partial charge in [-0.05, 0) is 31.2 Å². The first-order chi connectivity index (χ1) is 10.5. The maximum absolute atomic E-state index is 12.8. The first-order valence-corrected chi connectivity index (χ1v) is 7.92. The van der Waals surface area contributed by atoms with Gasteiger partial charge in [0.15, 0.2) is 0 Å². The Morgan fingerprint density at radius 2 is 1.82 bits per heavy atom. The van der Waals surface area contributed by atoms with Gasteiger partial charge < -0.3 is 5.32 Å². The summed E-state index contributed by atoms with van der Waals surface area (Å²) in [7, 11) is 0. The minimum Gasteiger partial charge on any atom is -0.319 e. The van der Waals surface area contributed by atoms with Crippen molar-refractivity contribution >= 4 is 11.9 Å². The molecule has 5 heteroatoms. The highest BCUT2D eigenvalue weighted by Gasteiger charge is 2.49. The average molecular weight is 301 g/mol. The molecule has 3 amide bonds. The molecule has 0 spiro atoms. The van der Waals surface area contributed by atoms with Crippen LogP contribution in [-0.2, 0) is 10.3 Å². The number of nitrogens with zero attached hydrogens (tertiary/aromatic N) is 2. The molecule has 2 saturated heterocycles. The molecule has 1 aromatic rings. The summed E-state index contributed by atoms with van der Waals surface area (Å²) < 4.78 is 0. The van der Waals surface area contributed by atoms with Crippen LogP contribution in [0.15, 0.2) is 30.3 Å². The largest absolute Gasteiger partial charge is 0.326 e. The smallest absolute Gasteiger partial charge is 0.319 e. The van der Waals surface area contributed by atoms with Gasteiger partial charge in [0.05, 0.1) is 6.67 Å². The molecule has 2 aliphatic rings. The second kappa shape index (κ2) is 5.72. The van der Waals surface area contributed by atoms with E-state index in [4.69, 9.17) is 0 Å². The highest BCUT2D eigenvalue weighted by molar-refractivity contribution is 6.07. The number of carbonyl (C=O) groups excluding carboxylic acids is 2. The van der Waals surface area contributed by atoms with Crippen molar-refractivity contribution in [3.63, 3.8) is 0 Å². The van der Waals surface area contributed by atoms with Gasteiger partial charge in [-0.1, -0.05) is 37.3 Å². The Morgan fingerprint density at radius 3 is 2.45 bits per heavy atom. The Bertz CT molecular complexity index is 567. The molecule has 0 radical (unpaired) electrons. The normalized spacial score (nSPS) is 27.3. The van der Waals surface area contributed by atoms with Gasteiger partial charge >= 0.3 is 6.03 Å². The van der Waals surface area contributed by atoms with E-state index < -0.39 is 5.54 Å². The van der Waals surface area contributed by atoms with Crippen LogP contribution >= 0.6 is 0 Å². The monoisotopic (exact) mass is 301 g/mol. The number of urea groups is 1. The lowest BCUT2D eigenvalue weighted by molar-refractivity contribution is -0.132. The van der Waals surface area contributed by atoms with Gasteiger partial charge in [0.25, 0.3) is 5.91 Å². The molecule has 118 valence electrons. The highest BCUT2D eigenvalue weighted by atomic mass is 16.2. The van der Waals surface area contributed by atoms with Gasteiger partial charge in [-0.25, -0.2) is 9.69 Å². The van der Waals surface area contributed by atoms with E-state index in [-0.39, 0.29) is 11.9 Å². The van der Waals surface area contributed by atoms with Crippen LogP contribution in [0.4, 0.5) is 4.79 Å². The van der Waals surface area contributed by atoms with Crippen molar-refractivity contribution < 1.29 is 9.59 Å². The van der Waals surface area contributed by atoms with E-state index in [2.05, 4.69) is 17.1 Å². The molecule has 0 aliphatic carbocycles. The van der Waals surface area contributed by atoms with E-state index in [0.717, 1.165) is 37.4 Å². The van der Waals surface area contributed by atoms with Gasteiger partial charge in [-0.3, -0.25) is 9.69 Å². The SMILES string of the molecule is CC1CCN(CN2C(=O)N[C@@](C)(c3ccccc3)C2=O)CC1. The van der Waals surface area contributed by atoms with Gasteiger partial charge in [0.2, 0.25) is 0 Å². The van der Waals surface area contributed by atoms with Gasteiger partial charge in [-0.2, -0.15) is 0 Å². The number of amides is 3. The van der Waals surface area contributed by atoms with Crippen LogP contribution < -0.4 is 5.32 Å². The van der Waals surface area contributed by atoms with Crippen LogP contribution in [0.3, 0.4) is 0 Å². The molecule has 0 bridgehead atoms. The number of rotatable bonds is 3. The van der Waals surface area contributed by atoms with Gasteiger partial charge in [-0.15, -0.1) is 0 Å². The first kappa shape index (κ1) is 15.0. The van der Waals surface area contributed by atoms with E-state index in [1.807, 2.05) is 30.3 Å². The summed E-state index contributed by atoms with van der Waals surface area (Å²) >= 11 is 0. The van der Waals surface area contributed by atoms with Crippen molar-refractivity contribution in [3.8, 4) is 0 Å². The van der Waals surface area contributed by atoms with Crippen molar-refractivity contribution in [1.82, 2.24) is 15.1 Å². The molecule has 2 fully saturated rings. The minimum absolute atomic E-state index is 0.165. The Balaban J connectivity index is 1.74. The number of nitrogens with one attached hydrogen (secondary N) is 1. The fraction of sp³-hybridized carbons (Fsp3) is 0.529. The maximum Gasteiger partial charge on any atom is 0.326 e. The summed E-state index contributed by atoms with van der Waals surface area (Å²) in [6.07, 6.45) is 2.25. The quantitative estimate of drug-likeness (QED) is 0.870. The molecule has 0 saturated carbocycles. The van der Waals surface area contributed by atoms with Crippen LogP contribution in [0.1, 0.15) is 32.3 Å². The predicted octanol–water partition coefficient (Wildman–Crippen LogP) is 2.14. The predicted molar refractivity (Wildman–Crippen MR) is 84.0 cm³/mol. The standard InChI is InChI=1S/C17H23N3O2/c1-13-8-10-19(11-9-13)12-20-15(21)17(2,18-16(20)22)14-6-4-3-5-7-14/h3-7,13H,8-12H2,1-2H3,(H,18,22)/t17-/m0/s1. The van der Waals surface area contributed by atoms with E-state index >= 15 is 0 Å². The van der Waals surface area contributed by atoms with Crippen LogP contribution in [0, 0.1) is 5.92 Å². The summed E-state index contributed by atoms with van der Waals surface area (Å²) in [6, 6.07) is 9.13.